The van der Waals surface area contributed by atoms with E-state index < -0.39 is 47.8 Å². The summed E-state index contributed by atoms with van der Waals surface area (Å²) in [7, 11) is 1.16. The van der Waals surface area contributed by atoms with Crippen LogP contribution in [-0.4, -0.2) is 66.5 Å². The van der Waals surface area contributed by atoms with Gasteiger partial charge >= 0.3 is 11.9 Å². The third-order valence-corrected chi connectivity index (χ3v) is 3.81. The van der Waals surface area contributed by atoms with Gasteiger partial charge in [-0.25, -0.2) is 9.59 Å². The highest BCUT2D eigenvalue weighted by atomic mass is 16.5. The SMILES string of the molecule is CCCC(NC(=O)C(CCC)NC(=O)C(N)CNC(=O)/C=C/C(=O)OC)C(=O)O. The van der Waals surface area contributed by atoms with Crippen LogP contribution >= 0.6 is 0 Å². The van der Waals surface area contributed by atoms with Gasteiger partial charge in [0.1, 0.15) is 18.1 Å². The molecule has 0 rings (SSSR count). The molecule has 3 atom stereocenters. The van der Waals surface area contributed by atoms with Crippen molar-refractivity contribution in [3.8, 4) is 0 Å². The van der Waals surface area contributed by atoms with Crippen molar-refractivity contribution in [2.24, 2.45) is 5.73 Å². The van der Waals surface area contributed by atoms with E-state index in [4.69, 9.17) is 10.8 Å². The van der Waals surface area contributed by atoms with E-state index >= 15 is 0 Å². The van der Waals surface area contributed by atoms with Gasteiger partial charge in [-0.3, -0.25) is 14.4 Å². The van der Waals surface area contributed by atoms with Gasteiger partial charge in [0.2, 0.25) is 17.7 Å². The summed E-state index contributed by atoms with van der Waals surface area (Å²) in [6.45, 7) is 3.37. The molecule has 0 heterocycles. The summed E-state index contributed by atoms with van der Waals surface area (Å²) in [6, 6.07) is -3.14. The second kappa shape index (κ2) is 14.1. The summed E-state index contributed by atoms with van der Waals surface area (Å²) < 4.78 is 4.34. The van der Waals surface area contributed by atoms with E-state index in [0.717, 1.165) is 19.3 Å². The number of amides is 3. The van der Waals surface area contributed by atoms with E-state index in [-0.39, 0.29) is 19.4 Å². The third-order valence-electron chi connectivity index (χ3n) is 3.81. The lowest BCUT2D eigenvalue weighted by Crippen LogP contribution is -2.56. The van der Waals surface area contributed by atoms with E-state index in [0.29, 0.717) is 12.8 Å². The molecule has 0 bridgehead atoms. The highest BCUT2D eigenvalue weighted by Crippen LogP contribution is 2.02. The van der Waals surface area contributed by atoms with Crippen LogP contribution in [0.2, 0.25) is 0 Å². The largest absolute Gasteiger partial charge is 0.480 e. The Morgan fingerprint density at radius 1 is 0.966 bits per heavy atom. The molecule has 11 heteroatoms. The summed E-state index contributed by atoms with van der Waals surface area (Å²) in [5.41, 5.74) is 5.72. The average molecular weight is 414 g/mol. The summed E-state index contributed by atoms with van der Waals surface area (Å²) in [4.78, 5) is 58.3. The zero-order chi connectivity index (χ0) is 22.4. The third kappa shape index (κ3) is 10.8. The number of nitrogens with one attached hydrogen (secondary N) is 3. The molecule has 0 aliphatic carbocycles. The standard InChI is InChI=1S/C18H30N4O7/c1-4-6-12(17(26)22-13(7-5-2)18(27)28)21-16(25)11(19)10-20-14(23)8-9-15(24)29-3/h8-9,11-13H,4-7,10,19H2,1-3H3,(H,20,23)(H,21,25)(H,22,26)(H,27,28)/b9-8+. The van der Waals surface area contributed by atoms with E-state index in [9.17, 15) is 24.0 Å². The zero-order valence-corrected chi connectivity index (χ0v) is 16.9. The van der Waals surface area contributed by atoms with Gasteiger partial charge in [0.05, 0.1) is 7.11 Å². The highest BCUT2D eigenvalue weighted by Gasteiger charge is 2.27. The Balaban J connectivity index is 4.76. The van der Waals surface area contributed by atoms with Crippen molar-refractivity contribution >= 4 is 29.7 Å². The fourth-order valence-corrected chi connectivity index (χ4v) is 2.23. The molecule has 29 heavy (non-hydrogen) atoms. The maximum Gasteiger partial charge on any atom is 0.330 e. The molecule has 0 aliphatic rings. The number of nitrogens with two attached hydrogens (primary N) is 1. The smallest absolute Gasteiger partial charge is 0.330 e. The minimum atomic E-state index is -1.15. The molecule has 164 valence electrons. The number of aliphatic carboxylic acids is 1. The predicted octanol–water partition coefficient (Wildman–Crippen LogP) is -1.19. The lowest BCUT2D eigenvalue weighted by molar-refractivity contribution is -0.142. The van der Waals surface area contributed by atoms with Crippen LogP contribution in [-0.2, 0) is 28.7 Å². The molecule has 3 amide bonds. The molecule has 0 aromatic rings. The number of hydrogen-bond acceptors (Lipinski definition) is 7. The maximum absolute atomic E-state index is 12.4. The van der Waals surface area contributed by atoms with Crippen LogP contribution in [0.25, 0.3) is 0 Å². The Hall–Kier alpha value is -2.95. The topological polar surface area (TPSA) is 177 Å². The molecular weight excluding hydrogens is 384 g/mol. The zero-order valence-electron chi connectivity index (χ0n) is 16.9. The number of rotatable bonds is 13. The van der Waals surface area contributed by atoms with Crippen LogP contribution in [0.1, 0.15) is 39.5 Å². The first kappa shape index (κ1) is 26.1. The lowest BCUT2D eigenvalue weighted by Gasteiger charge is -2.22. The summed E-state index contributed by atoms with van der Waals surface area (Å²) in [5.74, 6) is -3.80. The Kier molecular flexibility index (Phi) is 12.7. The number of esters is 1. The fraction of sp³-hybridized carbons (Fsp3) is 0.611. The summed E-state index contributed by atoms with van der Waals surface area (Å²) in [6.07, 6.45) is 3.53. The molecule has 0 saturated carbocycles. The number of carboxylic acid groups (broad SMARTS) is 1. The molecule has 0 aromatic carbocycles. The predicted molar refractivity (Wildman–Crippen MR) is 103 cm³/mol. The minimum absolute atomic E-state index is 0.232. The van der Waals surface area contributed by atoms with E-state index in [1.165, 1.54) is 0 Å². The Bertz CT molecular complexity index is 621. The molecular formula is C18H30N4O7. The van der Waals surface area contributed by atoms with E-state index in [2.05, 4.69) is 20.7 Å². The van der Waals surface area contributed by atoms with Gasteiger partial charge in [-0.15, -0.1) is 0 Å². The summed E-state index contributed by atoms with van der Waals surface area (Å²) in [5, 5.41) is 16.4. The number of carboxylic acids is 1. The molecule has 3 unspecified atom stereocenters. The van der Waals surface area contributed by atoms with Gasteiger partial charge in [-0.2, -0.15) is 0 Å². The van der Waals surface area contributed by atoms with Crippen molar-refractivity contribution in [1.29, 1.82) is 0 Å². The number of carbonyl (C=O) groups excluding carboxylic acids is 4. The molecule has 11 nitrogen and oxygen atoms in total. The fourth-order valence-electron chi connectivity index (χ4n) is 2.23. The Morgan fingerprint density at radius 3 is 2.03 bits per heavy atom. The van der Waals surface area contributed by atoms with Crippen molar-refractivity contribution < 1.29 is 33.8 Å². The van der Waals surface area contributed by atoms with Crippen LogP contribution in [0.4, 0.5) is 0 Å². The normalized spacial score (nSPS) is 13.8. The Labute approximate surface area is 169 Å². The lowest BCUT2D eigenvalue weighted by atomic mass is 10.1. The van der Waals surface area contributed by atoms with Gasteiger partial charge in [0.15, 0.2) is 0 Å². The second-order valence-corrected chi connectivity index (χ2v) is 6.25. The number of methoxy groups -OCH3 is 1. The second-order valence-electron chi connectivity index (χ2n) is 6.25. The Morgan fingerprint density at radius 2 is 1.52 bits per heavy atom. The van der Waals surface area contributed by atoms with Crippen LogP contribution in [0, 0.1) is 0 Å². The average Bonchev–Trinajstić information content (AvgIpc) is 2.68. The number of hydrogen-bond donors (Lipinski definition) is 5. The van der Waals surface area contributed by atoms with E-state index in [1.54, 1.807) is 13.8 Å². The maximum atomic E-state index is 12.4. The van der Waals surface area contributed by atoms with Crippen molar-refractivity contribution in [2.45, 2.75) is 57.7 Å². The van der Waals surface area contributed by atoms with Gasteiger partial charge in [0, 0.05) is 18.7 Å². The van der Waals surface area contributed by atoms with Crippen LogP contribution < -0.4 is 21.7 Å². The summed E-state index contributed by atoms with van der Waals surface area (Å²) >= 11 is 0. The van der Waals surface area contributed by atoms with E-state index in [1.807, 2.05) is 0 Å². The van der Waals surface area contributed by atoms with Crippen molar-refractivity contribution in [3.63, 3.8) is 0 Å². The number of ether oxygens (including phenoxy) is 1. The van der Waals surface area contributed by atoms with Gasteiger partial charge in [-0.05, 0) is 12.8 Å². The van der Waals surface area contributed by atoms with Crippen molar-refractivity contribution in [3.05, 3.63) is 12.2 Å². The molecule has 0 spiro atoms. The molecule has 0 fully saturated rings. The van der Waals surface area contributed by atoms with Crippen molar-refractivity contribution in [1.82, 2.24) is 16.0 Å². The molecule has 0 radical (unpaired) electrons. The number of carbonyl (C=O) groups is 5. The first-order valence-electron chi connectivity index (χ1n) is 9.29. The van der Waals surface area contributed by atoms with Crippen LogP contribution in [0.3, 0.4) is 0 Å². The van der Waals surface area contributed by atoms with Crippen LogP contribution in [0.5, 0.6) is 0 Å². The first-order valence-corrected chi connectivity index (χ1v) is 9.29. The molecule has 6 N–H and O–H groups in total. The van der Waals surface area contributed by atoms with Gasteiger partial charge in [0.25, 0.3) is 0 Å². The van der Waals surface area contributed by atoms with Gasteiger partial charge < -0.3 is 31.5 Å². The molecule has 0 saturated heterocycles. The molecule has 0 aromatic heterocycles. The quantitative estimate of drug-likeness (QED) is 0.184. The monoisotopic (exact) mass is 414 g/mol. The molecule has 0 aliphatic heterocycles. The first-order chi connectivity index (χ1) is 13.7. The van der Waals surface area contributed by atoms with Crippen LogP contribution in [0.15, 0.2) is 12.2 Å². The minimum Gasteiger partial charge on any atom is -0.480 e. The van der Waals surface area contributed by atoms with Crippen molar-refractivity contribution in [2.75, 3.05) is 13.7 Å². The highest BCUT2D eigenvalue weighted by molar-refractivity contribution is 5.95. The van der Waals surface area contributed by atoms with Gasteiger partial charge in [-0.1, -0.05) is 26.7 Å².